The van der Waals surface area contributed by atoms with Gasteiger partial charge in [-0.05, 0) is 13.8 Å². The number of alkyl halides is 3. The third-order valence-electron chi connectivity index (χ3n) is 2.51. The highest BCUT2D eigenvalue weighted by Gasteiger charge is 2.47. The molecule has 16 heavy (non-hydrogen) atoms. The van der Waals surface area contributed by atoms with Crippen LogP contribution in [0.4, 0.5) is 8.78 Å². The van der Waals surface area contributed by atoms with E-state index in [-0.39, 0.29) is 13.0 Å². The van der Waals surface area contributed by atoms with E-state index >= 15 is 0 Å². The van der Waals surface area contributed by atoms with Gasteiger partial charge in [0.25, 0.3) is 5.92 Å². The number of nitrogens with zero attached hydrogens (tertiary/aromatic N) is 1. The SMILES string of the molecule is CCOC[C@H]1CC(F)(F)CN1C(=O)[C@@H](C)Cl. The first-order chi connectivity index (χ1) is 7.37. The molecule has 94 valence electrons. The zero-order chi connectivity index (χ0) is 12.3. The van der Waals surface area contributed by atoms with E-state index in [0.717, 1.165) is 4.90 Å². The lowest BCUT2D eigenvalue weighted by Crippen LogP contribution is -2.42. The van der Waals surface area contributed by atoms with Gasteiger partial charge in [0.1, 0.15) is 5.38 Å². The van der Waals surface area contributed by atoms with E-state index < -0.39 is 29.8 Å². The van der Waals surface area contributed by atoms with Gasteiger partial charge in [0.05, 0.1) is 19.2 Å². The highest BCUT2D eigenvalue weighted by atomic mass is 35.5. The van der Waals surface area contributed by atoms with Crippen molar-refractivity contribution in [1.29, 1.82) is 0 Å². The summed E-state index contributed by atoms with van der Waals surface area (Å²) >= 11 is 5.62. The molecule has 1 fully saturated rings. The number of carbonyl (C=O) groups excluding carboxylic acids is 1. The molecule has 0 aromatic rings. The number of hydrogen-bond donors (Lipinski definition) is 0. The molecular weight excluding hydrogens is 240 g/mol. The maximum absolute atomic E-state index is 13.2. The first-order valence-electron chi connectivity index (χ1n) is 5.27. The van der Waals surface area contributed by atoms with Gasteiger partial charge in [-0.3, -0.25) is 4.79 Å². The second-order valence-electron chi connectivity index (χ2n) is 3.96. The molecule has 0 N–H and O–H groups in total. The lowest BCUT2D eigenvalue weighted by molar-refractivity contribution is -0.133. The van der Waals surface area contributed by atoms with Gasteiger partial charge in [-0.1, -0.05) is 0 Å². The molecular formula is C10H16ClF2NO2. The molecule has 1 aliphatic heterocycles. The van der Waals surface area contributed by atoms with Crippen LogP contribution in [0, 0.1) is 0 Å². The van der Waals surface area contributed by atoms with Gasteiger partial charge in [0.15, 0.2) is 0 Å². The number of likely N-dealkylation sites (tertiary alicyclic amines) is 1. The third kappa shape index (κ3) is 3.28. The molecule has 1 aliphatic rings. The van der Waals surface area contributed by atoms with E-state index in [4.69, 9.17) is 16.3 Å². The van der Waals surface area contributed by atoms with E-state index in [1.807, 2.05) is 0 Å². The number of amides is 1. The molecule has 0 bridgehead atoms. The Balaban J connectivity index is 2.68. The van der Waals surface area contributed by atoms with E-state index in [0.29, 0.717) is 6.61 Å². The van der Waals surface area contributed by atoms with E-state index in [1.165, 1.54) is 6.92 Å². The van der Waals surface area contributed by atoms with Gasteiger partial charge in [-0.2, -0.15) is 0 Å². The van der Waals surface area contributed by atoms with Gasteiger partial charge in [0.2, 0.25) is 5.91 Å². The molecule has 6 heteroatoms. The Morgan fingerprint density at radius 2 is 2.31 bits per heavy atom. The van der Waals surface area contributed by atoms with Crippen LogP contribution in [0.5, 0.6) is 0 Å². The Kier molecular flexibility index (Phi) is 4.50. The van der Waals surface area contributed by atoms with Crippen molar-refractivity contribution >= 4 is 17.5 Å². The van der Waals surface area contributed by atoms with Crippen LogP contribution >= 0.6 is 11.6 Å². The van der Waals surface area contributed by atoms with Crippen molar-refractivity contribution in [3.05, 3.63) is 0 Å². The first kappa shape index (κ1) is 13.6. The number of rotatable bonds is 4. The highest BCUT2D eigenvalue weighted by Crippen LogP contribution is 2.32. The summed E-state index contributed by atoms with van der Waals surface area (Å²) in [6.45, 7) is 3.30. The summed E-state index contributed by atoms with van der Waals surface area (Å²) in [7, 11) is 0. The van der Waals surface area contributed by atoms with Crippen LogP contribution in [-0.2, 0) is 9.53 Å². The molecule has 0 aromatic heterocycles. The van der Waals surface area contributed by atoms with Crippen molar-refractivity contribution in [2.24, 2.45) is 0 Å². The summed E-state index contributed by atoms with van der Waals surface area (Å²) in [6.07, 6.45) is -0.345. The Morgan fingerprint density at radius 3 is 2.81 bits per heavy atom. The number of halogens is 3. The van der Waals surface area contributed by atoms with Crippen molar-refractivity contribution < 1.29 is 18.3 Å². The van der Waals surface area contributed by atoms with Crippen LogP contribution in [-0.4, -0.2) is 47.9 Å². The molecule has 0 aliphatic carbocycles. The fourth-order valence-electron chi connectivity index (χ4n) is 1.79. The normalized spacial score (nSPS) is 25.8. The summed E-state index contributed by atoms with van der Waals surface area (Å²) in [4.78, 5) is 12.7. The lowest BCUT2D eigenvalue weighted by Gasteiger charge is -2.24. The Hall–Kier alpha value is -0.420. The quantitative estimate of drug-likeness (QED) is 0.718. The van der Waals surface area contributed by atoms with Crippen LogP contribution in [0.2, 0.25) is 0 Å². The van der Waals surface area contributed by atoms with Crippen molar-refractivity contribution in [2.45, 2.75) is 37.6 Å². The van der Waals surface area contributed by atoms with Crippen LogP contribution in [0.25, 0.3) is 0 Å². The average molecular weight is 256 g/mol. The predicted molar refractivity (Wildman–Crippen MR) is 56.9 cm³/mol. The van der Waals surface area contributed by atoms with Gasteiger partial charge >= 0.3 is 0 Å². The first-order valence-corrected chi connectivity index (χ1v) is 5.71. The maximum Gasteiger partial charge on any atom is 0.267 e. The van der Waals surface area contributed by atoms with Gasteiger partial charge in [-0.15, -0.1) is 11.6 Å². The summed E-state index contributed by atoms with van der Waals surface area (Å²) in [6, 6.07) is -0.566. The summed E-state index contributed by atoms with van der Waals surface area (Å²) < 4.78 is 31.5. The fourth-order valence-corrected chi connectivity index (χ4v) is 1.91. The topological polar surface area (TPSA) is 29.5 Å². The minimum absolute atomic E-state index is 0.140. The van der Waals surface area contributed by atoms with Crippen LogP contribution in [0.1, 0.15) is 20.3 Å². The largest absolute Gasteiger partial charge is 0.380 e. The molecule has 0 saturated carbocycles. The van der Waals surface area contributed by atoms with Gasteiger partial charge < -0.3 is 9.64 Å². The summed E-state index contributed by atoms with van der Waals surface area (Å²) in [5, 5.41) is -0.780. The molecule has 0 spiro atoms. The summed E-state index contributed by atoms with van der Waals surface area (Å²) in [5.41, 5.74) is 0. The van der Waals surface area contributed by atoms with Crippen LogP contribution < -0.4 is 0 Å². The zero-order valence-corrected chi connectivity index (χ0v) is 10.1. The van der Waals surface area contributed by atoms with Crippen molar-refractivity contribution in [1.82, 2.24) is 4.90 Å². The Labute approximate surface area is 98.7 Å². The minimum atomic E-state index is -2.83. The number of ether oxygens (including phenoxy) is 1. The molecule has 0 radical (unpaired) electrons. The molecule has 1 amide bonds. The standard InChI is InChI=1S/C10H16ClF2NO2/c1-3-16-5-8-4-10(12,13)6-14(8)9(15)7(2)11/h7-8H,3-6H2,1-2H3/t7-,8-/m1/s1. The third-order valence-corrected chi connectivity index (χ3v) is 2.70. The second kappa shape index (κ2) is 5.27. The smallest absolute Gasteiger partial charge is 0.267 e. The predicted octanol–water partition coefficient (Wildman–Crippen LogP) is 1.89. The van der Waals surface area contributed by atoms with Gasteiger partial charge in [-0.25, -0.2) is 8.78 Å². The maximum atomic E-state index is 13.2. The number of hydrogen-bond acceptors (Lipinski definition) is 2. The van der Waals surface area contributed by atoms with Crippen molar-refractivity contribution in [3.8, 4) is 0 Å². The molecule has 1 rings (SSSR count). The highest BCUT2D eigenvalue weighted by molar-refractivity contribution is 6.30. The van der Waals surface area contributed by atoms with Crippen molar-refractivity contribution in [2.75, 3.05) is 19.8 Å². The minimum Gasteiger partial charge on any atom is -0.380 e. The molecule has 2 atom stereocenters. The molecule has 0 unspecified atom stereocenters. The monoisotopic (exact) mass is 255 g/mol. The molecule has 1 heterocycles. The molecule has 0 aromatic carbocycles. The van der Waals surface area contributed by atoms with Crippen LogP contribution in [0.3, 0.4) is 0 Å². The Morgan fingerprint density at radius 1 is 1.69 bits per heavy atom. The summed E-state index contributed by atoms with van der Waals surface area (Å²) in [5.74, 6) is -3.29. The lowest BCUT2D eigenvalue weighted by atomic mass is 10.2. The van der Waals surface area contributed by atoms with E-state index in [9.17, 15) is 13.6 Å². The second-order valence-corrected chi connectivity index (χ2v) is 4.61. The van der Waals surface area contributed by atoms with E-state index in [2.05, 4.69) is 0 Å². The fraction of sp³-hybridized carbons (Fsp3) is 0.900. The van der Waals surface area contributed by atoms with Gasteiger partial charge in [0, 0.05) is 13.0 Å². The van der Waals surface area contributed by atoms with Crippen molar-refractivity contribution in [3.63, 3.8) is 0 Å². The number of carbonyl (C=O) groups is 1. The van der Waals surface area contributed by atoms with Crippen LogP contribution in [0.15, 0.2) is 0 Å². The molecule has 3 nitrogen and oxygen atoms in total. The van der Waals surface area contributed by atoms with E-state index in [1.54, 1.807) is 6.92 Å². The molecule has 1 saturated heterocycles. The average Bonchev–Trinajstić information content (AvgIpc) is 2.49. The zero-order valence-electron chi connectivity index (χ0n) is 9.38. The Bertz CT molecular complexity index is 261.